The molecule has 5 rings (SSSR count). The van der Waals surface area contributed by atoms with Gasteiger partial charge in [0.15, 0.2) is 11.6 Å². The van der Waals surface area contributed by atoms with Crippen LogP contribution in [-0.2, 0) is 6.54 Å². The molecule has 2 N–H and O–H groups in total. The van der Waals surface area contributed by atoms with Crippen molar-refractivity contribution in [2.24, 2.45) is 0 Å². The van der Waals surface area contributed by atoms with Gasteiger partial charge in [0, 0.05) is 43.9 Å². The number of aryl methyl sites for hydroxylation is 1. The maximum absolute atomic E-state index is 13.9. The molecular weight excluding hydrogens is 469 g/mol. The highest BCUT2D eigenvalue weighted by Crippen LogP contribution is 2.36. The van der Waals surface area contributed by atoms with E-state index >= 15 is 0 Å². The summed E-state index contributed by atoms with van der Waals surface area (Å²) in [5.41, 5.74) is 8.65. The summed E-state index contributed by atoms with van der Waals surface area (Å²) in [6.45, 7) is 11.7. The monoisotopic (exact) mass is 507 g/mol. The van der Waals surface area contributed by atoms with E-state index in [9.17, 15) is 4.39 Å². The standard InChI is InChI=1S/C28H38FN7O/c1-19(2)37-25-26(30)31-18-32-28(25)35-12-8-21(9-13-35)27-33-24(22-6-7-23(29)20(3)16-22)17-36(27)15-14-34-10-4-5-11-34/h6-7,16-19,21H,4-5,8-15H2,1-3H3,(H2,30,31,32). The molecule has 0 unspecified atom stereocenters. The third-order valence-corrected chi connectivity index (χ3v) is 7.44. The average Bonchev–Trinajstić information content (AvgIpc) is 3.56. The Balaban J connectivity index is 1.36. The zero-order valence-corrected chi connectivity index (χ0v) is 22.2. The summed E-state index contributed by atoms with van der Waals surface area (Å²) in [6.07, 6.45) is 8.12. The third kappa shape index (κ3) is 5.71. The van der Waals surface area contributed by atoms with E-state index < -0.39 is 0 Å². The SMILES string of the molecule is Cc1cc(-c2cn(CCN3CCCC3)c(C3CCN(c4ncnc(N)c4OC(C)C)CC3)n2)ccc1F. The fourth-order valence-electron chi connectivity index (χ4n) is 5.43. The summed E-state index contributed by atoms with van der Waals surface area (Å²) in [6, 6.07) is 5.26. The first-order valence-electron chi connectivity index (χ1n) is 13.5. The highest BCUT2D eigenvalue weighted by Gasteiger charge is 2.28. The fourth-order valence-corrected chi connectivity index (χ4v) is 5.43. The number of anilines is 2. The van der Waals surface area contributed by atoms with Gasteiger partial charge in [-0.3, -0.25) is 0 Å². The van der Waals surface area contributed by atoms with Crippen molar-refractivity contribution in [2.75, 3.05) is 43.4 Å². The Morgan fingerprint density at radius 2 is 1.84 bits per heavy atom. The van der Waals surface area contributed by atoms with Gasteiger partial charge in [-0.25, -0.2) is 19.3 Å². The second-order valence-corrected chi connectivity index (χ2v) is 10.5. The zero-order valence-electron chi connectivity index (χ0n) is 22.2. The van der Waals surface area contributed by atoms with Crippen LogP contribution in [0.2, 0.25) is 0 Å². The van der Waals surface area contributed by atoms with Gasteiger partial charge in [0.2, 0.25) is 5.75 Å². The number of piperidine rings is 1. The minimum atomic E-state index is -0.184. The van der Waals surface area contributed by atoms with E-state index in [1.807, 2.05) is 26.0 Å². The van der Waals surface area contributed by atoms with Crippen LogP contribution in [0.5, 0.6) is 5.75 Å². The average molecular weight is 508 g/mol. The molecule has 2 fully saturated rings. The predicted molar refractivity (Wildman–Crippen MR) is 144 cm³/mol. The Morgan fingerprint density at radius 3 is 2.54 bits per heavy atom. The molecule has 2 aliphatic rings. The van der Waals surface area contributed by atoms with Crippen LogP contribution in [-0.4, -0.2) is 63.2 Å². The van der Waals surface area contributed by atoms with Gasteiger partial charge in [-0.1, -0.05) is 0 Å². The van der Waals surface area contributed by atoms with Gasteiger partial charge in [-0.05, 0) is 83.3 Å². The summed E-state index contributed by atoms with van der Waals surface area (Å²) in [5, 5.41) is 0. The summed E-state index contributed by atoms with van der Waals surface area (Å²) < 4.78 is 22.2. The van der Waals surface area contributed by atoms with Crippen LogP contribution in [0.3, 0.4) is 0 Å². The number of halogens is 1. The van der Waals surface area contributed by atoms with Gasteiger partial charge in [0.1, 0.15) is 18.0 Å². The van der Waals surface area contributed by atoms with Crippen molar-refractivity contribution in [2.45, 2.75) is 65.0 Å². The molecule has 0 bridgehead atoms. The minimum absolute atomic E-state index is 0.0128. The van der Waals surface area contributed by atoms with Crippen LogP contribution in [0.1, 0.15) is 56.8 Å². The first kappa shape index (κ1) is 25.4. The van der Waals surface area contributed by atoms with Crippen LogP contribution >= 0.6 is 0 Å². The van der Waals surface area contributed by atoms with Gasteiger partial charge in [0.25, 0.3) is 0 Å². The number of aromatic nitrogens is 4. The molecule has 0 aliphatic carbocycles. The number of rotatable bonds is 8. The third-order valence-electron chi connectivity index (χ3n) is 7.44. The first-order valence-corrected chi connectivity index (χ1v) is 13.5. The highest BCUT2D eigenvalue weighted by molar-refractivity contribution is 5.63. The molecule has 37 heavy (non-hydrogen) atoms. The molecule has 9 heteroatoms. The van der Waals surface area contributed by atoms with Crippen LogP contribution in [0.15, 0.2) is 30.7 Å². The Morgan fingerprint density at radius 1 is 1.08 bits per heavy atom. The molecule has 4 heterocycles. The molecule has 2 saturated heterocycles. The summed E-state index contributed by atoms with van der Waals surface area (Å²) in [4.78, 5) is 18.5. The molecule has 3 aromatic rings. The van der Waals surface area contributed by atoms with Crippen LogP contribution < -0.4 is 15.4 Å². The second kappa shape index (κ2) is 11.0. The zero-order chi connectivity index (χ0) is 25.9. The normalized spacial score (nSPS) is 17.2. The number of nitrogens with zero attached hydrogens (tertiary/aromatic N) is 6. The Bertz CT molecular complexity index is 1210. The van der Waals surface area contributed by atoms with Gasteiger partial charge in [-0.2, -0.15) is 0 Å². The van der Waals surface area contributed by atoms with Crippen molar-refractivity contribution in [3.8, 4) is 17.0 Å². The largest absolute Gasteiger partial charge is 0.484 e. The summed E-state index contributed by atoms with van der Waals surface area (Å²) >= 11 is 0. The molecule has 0 amide bonds. The molecule has 0 atom stereocenters. The molecule has 0 radical (unpaired) electrons. The predicted octanol–water partition coefficient (Wildman–Crippen LogP) is 4.64. The van der Waals surface area contributed by atoms with Crippen molar-refractivity contribution in [1.82, 2.24) is 24.4 Å². The quantitative estimate of drug-likeness (QED) is 0.476. The Labute approximate surface area is 218 Å². The number of benzene rings is 1. The van der Waals surface area contributed by atoms with Gasteiger partial charge < -0.3 is 24.8 Å². The lowest BCUT2D eigenvalue weighted by Crippen LogP contribution is -2.35. The number of likely N-dealkylation sites (tertiary alicyclic amines) is 1. The van der Waals surface area contributed by atoms with E-state index in [-0.39, 0.29) is 11.9 Å². The van der Waals surface area contributed by atoms with Crippen molar-refractivity contribution < 1.29 is 9.13 Å². The van der Waals surface area contributed by atoms with Crippen molar-refractivity contribution in [3.05, 3.63) is 47.9 Å². The lowest BCUT2D eigenvalue weighted by Gasteiger charge is -2.33. The van der Waals surface area contributed by atoms with Crippen LogP contribution in [0, 0.1) is 12.7 Å². The maximum atomic E-state index is 13.9. The smallest absolute Gasteiger partial charge is 0.204 e. The van der Waals surface area contributed by atoms with E-state index in [0.29, 0.717) is 23.0 Å². The molecular formula is C28H38FN7O. The molecule has 0 spiro atoms. The minimum Gasteiger partial charge on any atom is -0.484 e. The van der Waals surface area contributed by atoms with E-state index in [4.69, 9.17) is 15.5 Å². The van der Waals surface area contributed by atoms with Crippen LogP contribution in [0.25, 0.3) is 11.3 Å². The van der Waals surface area contributed by atoms with Gasteiger partial charge in [-0.15, -0.1) is 0 Å². The van der Waals surface area contributed by atoms with Crippen molar-refractivity contribution in [3.63, 3.8) is 0 Å². The molecule has 2 aromatic heterocycles. The Kier molecular flexibility index (Phi) is 7.60. The number of ether oxygens (including phenoxy) is 1. The number of nitrogens with two attached hydrogens (primary N) is 1. The summed E-state index contributed by atoms with van der Waals surface area (Å²) in [5.74, 6) is 2.97. The number of hydrogen-bond donors (Lipinski definition) is 1. The first-order chi connectivity index (χ1) is 17.9. The van der Waals surface area contributed by atoms with Crippen molar-refractivity contribution in [1.29, 1.82) is 0 Å². The lowest BCUT2D eigenvalue weighted by atomic mass is 9.95. The van der Waals surface area contributed by atoms with E-state index in [0.717, 1.165) is 61.9 Å². The van der Waals surface area contributed by atoms with E-state index in [1.165, 1.54) is 38.3 Å². The molecule has 1 aromatic carbocycles. The van der Waals surface area contributed by atoms with Gasteiger partial charge >= 0.3 is 0 Å². The van der Waals surface area contributed by atoms with E-state index in [2.05, 4.69) is 30.5 Å². The van der Waals surface area contributed by atoms with Crippen molar-refractivity contribution >= 4 is 11.6 Å². The lowest BCUT2D eigenvalue weighted by molar-refractivity contribution is 0.242. The van der Waals surface area contributed by atoms with Gasteiger partial charge in [0.05, 0.1) is 11.8 Å². The number of imidazole rings is 1. The fraction of sp³-hybridized carbons (Fsp3) is 0.536. The number of hydrogen-bond acceptors (Lipinski definition) is 7. The molecule has 2 aliphatic heterocycles. The highest BCUT2D eigenvalue weighted by atomic mass is 19.1. The second-order valence-electron chi connectivity index (χ2n) is 10.5. The number of nitrogen functional groups attached to an aromatic ring is 1. The summed E-state index contributed by atoms with van der Waals surface area (Å²) in [7, 11) is 0. The topological polar surface area (TPSA) is 85.3 Å². The molecule has 8 nitrogen and oxygen atoms in total. The maximum Gasteiger partial charge on any atom is 0.204 e. The van der Waals surface area contributed by atoms with Crippen LogP contribution in [0.4, 0.5) is 16.0 Å². The molecule has 0 saturated carbocycles. The van der Waals surface area contributed by atoms with E-state index in [1.54, 1.807) is 6.92 Å². The molecule has 198 valence electrons. The Hall–Kier alpha value is -3.20.